The third-order valence-electron chi connectivity index (χ3n) is 11.2. The van der Waals surface area contributed by atoms with E-state index >= 15 is 0 Å². The second-order valence-corrected chi connectivity index (χ2v) is 18.8. The lowest BCUT2D eigenvalue weighted by Crippen LogP contribution is -2.10. The molecule has 22 heteroatoms. The zero-order valence-corrected chi connectivity index (χ0v) is 42.4. The van der Waals surface area contributed by atoms with Crippen LogP contribution >= 0.6 is 34.3 Å². The molecule has 3 heterocycles. The maximum absolute atomic E-state index is 12.9. The van der Waals surface area contributed by atoms with Gasteiger partial charge < -0.3 is 43.4 Å². The topological polar surface area (TPSA) is 165 Å². The highest BCUT2D eigenvalue weighted by atomic mass is 35.5. The van der Waals surface area contributed by atoms with E-state index < -0.39 is 48.6 Å². The number of alkyl halides is 6. The number of aliphatic carboxylic acids is 2. The van der Waals surface area contributed by atoms with Gasteiger partial charge in [-0.3, -0.25) is 0 Å². The Morgan fingerprint density at radius 3 is 1.43 bits per heavy atom. The molecule has 0 radical (unpaired) electrons. The van der Waals surface area contributed by atoms with Crippen molar-refractivity contribution in [2.24, 2.45) is 0 Å². The average molecular weight is 1110 g/mol. The van der Waals surface area contributed by atoms with E-state index in [1.54, 1.807) is 79.2 Å². The molecule has 6 aromatic carbocycles. The van der Waals surface area contributed by atoms with Gasteiger partial charge in [-0.15, -0.1) is 22.7 Å². The van der Waals surface area contributed by atoms with Crippen LogP contribution < -0.4 is 33.2 Å². The molecule has 76 heavy (non-hydrogen) atoms. The maximum Gasteiger partial charge on any atom is 0.416 e. The lowest BCUT2D eigenvalue weighted by atomic mass is 10.0. The van der Waals surface area contributed by atoms with Crippen molar-refractivity contribution in [2.75, 3.05) is 27.1 Å². The van der Waals surface area contributed by atoms with Gasteiger partial charge in [0, 0.05) is 33.0 Å². The summed E-state index contributed by atoms with van der Waals surface area (Å²) >= 11 is 8.97. The molecular weight excluding hydrogens is 1070 g/mol. The van der Waals surface area contributed by atoms with E-state index in [2.05, 4.69) is 9.97 Å². The Bertz CT molecular complexity index is 3380. The highest BCUT2D eigenvalue weighted by molar-refractivity contribution is 7.10. The zero-order chi connectivity index (χ0) is 54.3. The first kappa shape index (κ1) is 54.3. The van der Waals surface area contributed by atoms with Crippen LogP contribution in [0.1, 0.15) is 32.3 Å². The highest BCUT2D eigenvalue weighted by Gasteiger charge is 2.31. The van der Waals surface area contributed by atoms with Crippen LogP contribution in [-0.4, -0.2) is 59.2 Å². The number of ether oxygens (including phenoxy) is 7. The predicted octanol–water partition coefficient (Wildman–Crippen LogP) is 14.1. The Labute approximate surface area is 442 Å². The third kappa shape index (κ3) is 13.4. The summed E-state index contributed by atoms with van der Waals surface area (Å²) in [6, 6.07) is 27.1. The fourth-order valence-corrected chi connectivity index (χ4v) is 9.15. The minimum absolute atomic E-state index is 0.0942. The Hall–Kier alpha value is -8.01. The van der Waals surface area contributed by atoms with Gasteiger partial charge in [0.15, 0.2) is 24.7 Å². The minimum atomic E-state index is -4.40. The Balaban J connectivity index is 0.000000201. The molecule has 0 bridgehead atoms. The number of aryl methyl sites for hydroxylation is 2. The van der Waals surface area contributed by atoms with Crippen molar-refractivity contribution in [3.05, 3.63) is 157 Å². The molecular formula is C54H41ClF6N2O11S2. The van der Waals surface area contributed by atoms with E-state index in [1.165, 1.54) is 54.0 Å². The second-order valence-electron chi connectivity index (χ2n) is 16.5. The molecule has 8 aromatic rings. The van der Waals surface area contributed by atoms with Crippen molar-refractivity contribution in [2.45, 2.75) is 39.4 Å². The van der Waals surface area contributed by atoms with Crippen LogP contribution in [0.3, 0.4) is 0 Å². The van der Waals surface area contributed by atoms with Crippen molar-refractivity contribution < 1.29 is 79.3 Å². The number of aromatic nitrogens is 2. The van der Waals surface area contributed by atoms with E-state index in [0.717, 1.165) is 29.8 Å². The van der Waals surface area contributed by atoms with Crippen molar-refractivity contribution in [1.82, 2.24) is 9.97 Å². The molecule has 0 saturated carbocycles. The monoisotopic (exact) mass is 1110 g/mol. The highest BCUT2D eigenvalue weighted by Crippen LogP contribution is 2.43. The molecule has 2 N–H and O–H groups in total. The van der Waals surface area contributed by atoms with Crippen LogP contribution in [0.15, 0.2) is 120 Å². The lowest BCUT2D eigenvalue weighted by molar-refractivity contribution is -0.140. The fraction of sp³-hybridized carbons (Fsp3) is 0.185. The zero-order valence-electron chi connectivity index (χ0n) is 40.0. The number of fused-ring (bicyclic) bond motifs is 1. The van der Waals surface area contributed by atoms with Crippen LogP contribution in [-0.2, 0) is 35.2 Å². The smallest absolute Gasteiger partial charge is 0.416 e. The van der Waals surface area contributed by atoms with Gasteiger partial charge >= 0.3 is 24.3 Å². The van der Waals surface area contributed by atoms with E-state index in [-0.39, 0.29) is 20.0 Å². The Kier molecular flexibility index (Phi) is 16.6. The van der Waals surface area contributed by atoms with Crippen molar-refractivity contribution in [1.29, 1.82) is 0 Å². The number of carbonyl (C=O) groups is 2. The summed E-state index contributed by atoms with van der Waals surface area (Å²) in [6.45, 7) is 2.87. The molecule has 394 valence electrons. The molecule has 1 aliphatic rings. The average Bonchev–Trinajstić information content (AvgIpc) is 4.19. The van der Waals surface area contributed by atoms with Gasteiger partial charge in [0.25, 0.3) is 0 Å². The largest absolute Gasteiger partial charge is 0.495 e. The van der Waals surface area contributed by atoms with Crippen LogP contribution in [0, 0.1) is 13.8 Å². The van der Waals surface area contributed by atoms with Crippen molar-refractivity contribution in [3.8, 4) is 85.0 Å². The quantitative estimate of drug-likeness (QED) is 0.0828. The summed E-state index contributed by atoms with van der Waals surface area (Å²) in [4.78, 5) is 31.0. The van der Waals surface area contributed by atoms with Crippen LogP contribution in [0.2, 0.25) is 5.02 Å². The van der Waals surface area contributed by atoms with Gasteiger partial charge in [0.2, 0.25) is 6.79 Å². The molecule has 0 unspecified atom stereocenters. The van der Waals surface area contributed by atoms with Gasteiger partial charge in [0.05, 0.1) is 34.6 Å². The minimum Gasteiger partial charge on any atom is -0.495 e. The van der Waals surface area contributed by atoms with Crippen LogP contribution in [0.5, 0.6) is 40.2 Å². The van der Waals surface area contributed by atoms with Crippen molar-refractivity contribution >= 4 is 46.2 Å². The number of nitrogens with zero attached hydrogens (tertiary/aromatic N) is 2. The first-order chi connectivity index (χ1) is 36.2. The van der Waals surface area contributed by atoms with Gasteiger partial charge in [-0.25, -0.2) is 19.6 Å². The molecule has 1 aliphatic heterocycles. The number of carboxylic acids is 2. The van der Waals surface area contributed by atoms with Crippen LogP contribution in [0.4, 0.5) is 26.3 Å². The number of thiazole rings is 2. The van der Waals surface area contributed by atoms with E-state index in [9.17, 15) is 35.9 Å². The summed E-state index contributed by atoms with van der Waals surface area (Å²) < 4.78 is 116. The number of hydrogen-bond acceptors (Lipinski definition) is 13. The van der Waals surface area contributed by atoms with Gasteiger partial charge in [-0.05, 0) is 109 Å². The molecule has 0 atom stereocenters. The number of halogens is 7. The SMILES string of the molecule is COc1ccc(-c2cc(OCC(=O)O)c(C)cc2OCc2nc(-c3ccc(C(F)(F)F)cc3)cs2)cc1Cl.Cc1cc(OCc2nc(-c3ccc(C(F)(F)F)cc3)cs2)c(-c2ccc3c(c2)OCO3)cc1OCC(=O)O. The molecule has 0 aliphatic carbocycles. The molecule has 0 amide bonds. The molecule has 0 spiro atoms. The number of benzene rings is 6. The number of methoxy groups -OCH3 is 1. The van der Waals surface area contributed by atoms with E-state index in [1.807, 2.05) is 6.07 Å². The summed E-state index contributed by atoms with van der Waals surface area (Å²) in [5.41, 5.74) is 4.80. The van der Waals surface area contributed by atoms with Gasteiger partial charge in [-0.1, -0.05) is 48.0 Å². The summed E-state index contributed by atoms with van der Waals surface area (Å²) in [6.07, 6.45) is -8.81. The molecule has 0 fully saturated rings. The number of carboxylic acid groups (broad SMARTS) is 2. The van der Waals surface area contributed by atoms with E-state index in [0.29, 0.717) is 106 Å². The fourth-order valence-electron chi connectivity index (χ4n) is 7.46. The van der Waals surface area contributed by atoms with E-state index in [4.69, 9.17) is 55.0 Å². The normalized spacial score (nSPS) is 11.9. The standard InChI is InChI=1S/C27H21ClF3NO5S.C27H20F3NO6S/c1-15-9-24(19(11-23(15)37-13-26(33)34)17-5-8-22(35-2)20(28)10-17)36-12-25-32-21(14-38-25)16-3-6-18(7-4-16)27(29,30)31;1-15-8-23(34-11-25-31-20(13-38-25)16-2-5-18(6-3-16)27(28,29)30)19(10-22(15)35-12-26(32)33)17-4-7-21-24(9-17)37-14-36-21/h3-11,14H,12-13H2,1-2H3,(H,33,34);2-10,13H,11-12,14H2,1H3,(H,32,33). The molecule has 13 nitrogen and oxygen atoms in total. The molecule has 9 rings (SSSR count). The predicted molar refractivity (Wildman–Crippen MR) is 271 cm³/mol. The Morgan fingerprint density at radius 2 is 1.00 bits per heavy atom. The van der Waals surface area contributed by atoms with Gasteiger partial charge in [0.1, 0.15) is 52.0 Å². The van der Waals surface area contributed by atoms with Gasteiger partial charge in [-0.2, -0.15) is 26.3 Å². The number of rotatable bonds is 17. The Morgan fingerprint density at radius 1 is 0.566 bits per heavy atom. The number of hydrogen-bond donors (Lipinski definition) is 2. The van der Waals surface area contributed by atoms with Crippen LogP contribution in [0.25, 0.3) is 44.8 Å². The maximum atomic E-state index is 12.9. The lowest BCUT2D eigenvalue weighted by Gasteiger charge is -2.16. The second kappa shape index (κ2) is 23.3. The first-order valence-corrected chi connectivity index (χ1v) is 24.6. The summed E-state index contributed by atoms with van der Waals surface area (Å²) in [5.74, 6) is 1.24. The molecule has 0 saturated heterocycles. The molecule has 2 aromatic heterocycles. The summed E-state index contributed by atoms with van der Waals surface area (Å²) in [7, 11) is 1.51. The first-order valence-electron chi connectivity index (χ1n) is 22.4. The van der Waals surface area contributed by atoms with Crippen molar-refractivity contribution in [3.63, 3.8) is 0 Å². The third-order valence-corrected chi connectivity index (χ3v) is 13.2. The summed E-state index contributed by atoms with van der Waals surface area (Å²) in [5, 5.41) is 23.2.